The topological polar surface area (TPSA) is 45.5 Å². The van der Waals surface area contributed by atoms with E-state index in [1.165, 1.54) is 12.1 Å². The van der Waals surface area contributed by atoms with Crippen molar-refractivity contribution in [2.24, 2.45) is 0 Å². The van der Waals surface area contributed by atoms with Crippen molar-refractivity contribution in [3.05, 3.63) is 59.8 Å². The summed E-state index contributed by atoms with van der Waals surface area (Å²) >= 11 is 0. The van der Waals surface area contributed by atoms with Crippen LogP contribution in [-0.4, -0.2) is 31.4 Å². The molecule has 1 aromatic carbocycles. The fraction of sp³-hybridized carbons (Fsp3) is 0.389. The Morgan fingerprint density at radius 1 is 1.26 bits per heavy atom. The molecule has 4 nitrogen and oxygen atoms in total. The maximum Gasteiger partial charge on any atom is 0.220 e. The molecule has 2 aromatic rings. The lowest BCUT2D eigenvalue weighted by Gasteiger charge is -2.23. The van der Waals surface area contributed by atoms with E-state index in [2.05, 4.69) is 5.32 Å². The molecule has 0 saturated heterocycles. The fourth-order valence-corrected chi connectivity index (χ4v) is 2.49. The van der Waals surface area contributed by atoms with Gasteiger partial charge in [-0.25, -0.2) is 4.39 Å². The van der Waals surface area contributed by atoms with Crippen molar-refractivity contribution in [3.63, 3.8) is 0 Å². The summed E-state index contributed by atoms with van der Waals surface area (Å²) in [4.78, 5) is 14.2. The normalized spacial score (nSPS) is 13.8. The number of amides is 1. The van der Waals surface area contributed by atoms with Crippen LogP contribution in [0.5, 0.6) is 0 Å². The zero-order chi connectivity index (χ0) is 16.8. The number of carbonyl (C=O) groups is 1. The molecule has 1 aromatic heterocycles. The molecule has 0 saturated carbocycles. The zero-order valence-corrected chi connectivity index (χ0v) is 13.8. The van der Waals surface area contributed by atoms with E-state index in [4.69, 9.17) is 4.42 Å². The van der Waals surface area contributed by atoms with E-state index in [1.54, 1.807) is 18.4 Å². The number of carbonyl (C=O) groups excluding carboxylic acids is 1. The SMILES string of the molecule is CC(CC(=O)NCC(c1ccco1)N(C)C)c1ccc(F)cc1. The number of nitrogens with zero attached hydrogens (tertiary/aromatic N) is 1. The summed E-state index contributed by atoms with van der Waals surface area (Å²) in [5, 5.41) is 2.95. The summed E-state index contributed by atoms with van der Waals surface area (Å²) in [5.74, 6) is 0.566. The van der Waals surface area contributed by atoms with E-state index < -0.39 is 0 Å². The van der Waals surface area contributed by atoms with Crippen molar-refractivity contribution in [1.29, 1.82) is 0 Å². The van der Waals surface area contributed by atoms with Gasteiger partial charge in [-0.05, 0) is 49.8 Å². The third-order valence-electron chi connectivity index (χ3n) is 3.92. The van der Waals surface area contributed by atoms with Gasteiger partial charge >= 0.3 is 0 Å². The van der Waals surface area contributed by atoms with Crippen molar-refractivity contribution in [1.82, 2.24) is 10.2 Å². The van der Waals surface area contributed by atoms with Gasteiger partial charge in [-0.1, -0.05) is 19.1 Å². The van der Waals surface area contributed by atoms with E-state index in [-0.39, 0.29) is 23.7 Å². The average molecular weight is 318 g/mol. The van der Waals surface area contributed by atoms with Crippen LogP contribution < -0.4 is 5.32 Å². The summed E-state index contributed by atoms with van der Waals surface area (Å²) in [7, 11) is 3.89. The van der Waals surface area contributed by atoms with Crippen LogP contribution in [0.15, 0.2) is 47.1 Å². The third-order valence-corrected chi connectivity index (χ3v) is 3.92. The summed E-state index contributed by atoms with van der Waals surface area (Å²) in [5.41, 5.74) is 0.955. The van der Waals surface area contributed by atoms with Gasteiger partial charge < -0.3 is 9.73 Å². The first-order valence-corrected chi connectivity index (χ1v) is 7.69. The molecule has 0 aliphatic carbocycles. The Morgan fingerprint density at radius 2 is 1.96 bits per heavy atom. The second-order valence-electron chi connectivity index (χ2n) is 5.96. The van der Waals surface area contributed by atoms with Crippen LogP contribution in [0, 0.1) is 5.82 Å². The van der Waals surface area contributed by atoms with E-state index in [0.717, 1.165) is 11.3 Å². The van der Waals surface area contributed by atoms with E-state index in [1.807, 2.05) is 38.1 Å². The molecule has 1 heterocycles. The summed E-state index contributed by atoms with van der Waals surface area (Å²) in [6.45, 7) is 2.44. The molecular formula is C18H23FN2O2. The first-order valence-electron chi connectivity index (χ1n) is 7.69. The van der Waals surface area contributed by atoms with Crippen molar-refractivity contribution in [2.75, 3.05) is 20.6 Å². The van der Waals surface area contributed by atoms with Gasteiger partial charge in [0.15, 0.2) is 0 Å². The number of furan rings is 1. The molecule has 23 heavy (non-hydrogen) atoms. The maximum absolute atomic E-state index is 12.9. The number of benzene rings is 1. The maximum atomic E-state index is 12.9. The van der Waals surface area contributed by atoms with Gasteiger partial charge in [0.05, 0.1) is 12.3 Å². The average Bonchev–Trinajstić information content (AvgIpc) is 3.01. The smallest absolute Gasteiger partial charge is 0.220 e. The number of halogens is 1. The molecule has 2 rings (SSSR count). The Bertz CT molecular complexity index is 608. The molecule has 0 fully saturated rings. The summed E-state index contributed by atoms with van der Waals surface area (Å²) in [6, 6.07) is 10.0. The van der Waals surface area contributed by atoms with Crippen molar-refractivity contribution in [2.45, 2.75) is 25.3 Å². The van der Waals surface area contributed by atoms with Crippen LogP contribution in [0.25, 0.3) is 0 Å². The van der Waals surface area contributed by atoms with Crippen molar-refractivity contribution in [3.8, 4) is 0 Å². The lowest BCUT2D eigenvalue weighted by molar-refractivity contribution is -0.121. The van der Waals surface area contributed by atoms with Gasteiger partial charge in [0, 0.05) is 13.0 Å². The second kappa shape index (κ2) is 7.92. The Balaban J connectivity index is 1.87. The van der Waals surface area contributed by atoms with Crippen LogP contribution >= 0.6 is 0 Å². The third kappa shape index (κ3) is 4.93. The first kappa shape index (κ1) is 17.2. The molecule has 0 bridgehead atoms. The zero-order valence-electron chi connectivity index (χ0n) is 13.8. The Hall–Kier alpha value is -2.14. The first-order chi connectivity index (χ1) is 11.0. The minimum atomic E-state index is -0.266. The minimum Gasteiger partial charge on any atom is -0.468 e. The predicted molar refractivity (Wildman–Crippen MR) is 87.6 cm³/mol. The predicted octanol–water partition coefficient (Wildman–Crippen LogP) is 3.33. The molecule has 2 atom stereocenters. The van der Waals surface area contributed by atoms with Crippen molar-refractivity contribution >= 4 is 5.91 Å². The van der Waals surface area contributed by atoms with Crippen LogP contribution in [0.2, 0.25) is 0 Å². The molecule has 0 spiro atoms. The van der Waals surface area contributed by atoms with E-state index in [0.29, 0.717) is 13.0 Å². The molecule has 5 heteroatoms. The van der Waals surface area contributed by atoms with Gasteiger partial charge in [0.2, 0.25) is 5.91 Å². The largest absolute Gasteiger partial charge is 0.468 e. The highest BCUT2D eigenvalue weighted by Gasteiger charge is 2.18. The molecule has 0 radical (unpaired) electrons. The minimum absolute atomic E-state index is 0.00456. The van der Waals surface area contributed by atoms with Gasteiger partial charge in [-0.2, -0.15) is 0 Å². The molecule has 1 amide bonds. The molecule has 0 aliphatic rings. The quantitative estimate of drug-likeness (QED) is 0.852. The van der Waals surface area contributed by atoms with E-state index >= 15 is 0 Å². The number of likely N-dealkylation sites (N-methyl/N-ethyl adjacent to an activating group) is 1. The molecule has 1 N–H and O–H groups in total. The fourth-order valence-electron chi connectivity index (χ4n) is 2.49. The van der Waals surface area contributed by atoms with Crippen LogP contribution in [0.3, 0.4) is 0 Å². The molecular weight excluding hydrogens is 295 g/mol. The highest BCUT2D eigenvalue weighted by molar-refractivity contribution is 5.76. The standard InChI is InChI=1S/C18H23FN2O2/c1-13(14-6-8-15(19)9-7-14)11-18(22)20-12-16(21(2)3)17-5-4-10-23-17/h4-10,13,16H,11-12H2,1-3H3,(H,20,22). The Labute approximate surface area is 136 Å². The molecule has 0 aliphatic heterocycles. The number of rotatable bonds is 7. The summed E-state index contributed by atoms with van der Waals surface area (Å²) in [6.07, 6.45) is 1.99. The molecule has 2 unspecified atom stereocenters. The highest BCUT2D eigenvalue weighted by atomic mass is 19.1. The summed E-state index contributed by atoms with van der Waals surface area (Å²) < 4.78 is 18.4. The highest BCUT2D eigenvalue weighted by Crippen LogP contribution is 2.20. The van der Waals surface area contributed by atoms with Gasteiger partial charge in [-0.15, -0.1) is 0 Å². The second-order valence-corrected chi connectivity index (χ2v) is 5.96. The Kier molecular flexibility index (Phi) is 5.93. The monoisotopic (exact) mass is 318 g/mol. The van der Waals surface area contributed by atoms with E-state index in [9.17, 15) is 9.18 Å². The number of hydrogen-bond acceptors (Lipinski definition) is 3. The number of hydrogen-bond donors (Lipinski definition) is 1. The van der Waals surface area contributed by atoms with Gasteiger partial charge in [-0.3, -0.25) is 9.69 Å². The Morgan fingerprint density at radius 3 is 2.52 bits per heavy atom. The van der Waals surface area contributed by atoms with Crippen LogP contribution in [-0.2, 0) is 4.79 Å². The number of nitrogens with one attached hydrogen (secondary N) is 1. The van der Waals surface area contributed by atoms with Crippen molar-refractivity contribution < 1.29 is 13.6 Å². The molecule has 124 valence electrons. The van der Waals surface area contributed by atoms with Gasteiger partial charge in [0.1, 0.15) is 11.6 Å². The lowest BCUT2D eigenvalue weighted by Crippen LogP contribution is -2.34. The van der Waals surface area contributed by atoms with Crippen LogP contribution in [0.4, 0.5) is 4.39 Å². The lowest BCUT2D eigenvalue weighted by atomic mass is 9.97. The van der Waals surface area contributed by atoms with Crippen LogP contribution in [0.1, 0.15) is 36.6 Å². The van der Waals surface area contributed by atoms with Gasteiger partial charge in [0.25, 0.3) is 0 Å².